The van der Waals surface area contributed by atoms with Crippen LogP contribution >= 0.6 is 0 Å². The van der Waals surface area contributed by atoms with Crippen molar-refractivity contribution < 1.29 is 5.32 Å². The number of allylic oxidation sites excluding steroid dienone is 4. The van der Waals surface area contributed by atoms with Gasteiger partial charge in [-0.3, -0.25) is 9.97 Å². The lowest BCUT2D eigenvalue weighted by atomic mass is 9.99. The van der Waals surface area contributed by atoms with Crippen LogP contribution in [0.1, 0.15) is 5.56 Å². The summed E-state index contributed by atoms with van der Waals surface area (Å²) in [6.45, 7) is 0.884. The third kappa shape index (κ3) is 5.13. The Balaban J connectivity index is 1.22. The zero-order valence-corrected chi connectivity index (χ0v) is 25.3. The summed E-state index contributed by atoms with van der Waals surface area (Å²) in [4.78, 5) is 9.06. The minimum atomic E-state index is 0.550. The third-order valence-electron chi connectivity index (χ3n) is 8.69. The highest BCUT2D eigenvalue weighted by Crippen LogP contribution is 2.38. The maximum Gasteiger partial charge on any atom is 0.0994 e. The van der Waals surface area contributed by atoms with E-state index in [0.717, 1.165) is 46.6 Å². The van der Waals surface area contributed by atoms with Crippen molar-refractivity contribution in [2.75, 3.05) is 6.54 Å². The van der Waals surface area contributed by atoms with Crippen LogP contribution in [0.15, 0.2) is 158 Å². The van der Waals surface area contributed by atoms with Gasteiger partial charge in [-0.15, -0.1) is 0 Å². The van der Waals surface area contributed by atoms with Gasteiger partial charge in [0.1, 0.15) is 0 Å². The second-order valence-corrected chi connectivity index (χ2v) is 11.6. The van der Waals surface area contributed by atoms with Crippen molar-refractivity contribution in [2.24, 2.45) is 0 Å². The Morgan fingerprint density at radius 3 is 2.50 bits per heavy atom. The SMILES string of the molecule is N=C(/C=C\Cc1ccc2c3ccc4cc(-c5cncc(-c6ccccn6)c5)ccc4c3n(-c3ccccc3)c2c1)C1=CC[NH2+]C=C1. The zero-order chi connectivity index (χ0) is 30.9. The molecule has 5 nitrogen and oxygen atoms in total. The Hall–Kier alpha value is -5.91. The molecule has 0 saturated heterocycles. The second kappa shape index (κ2) is 11.9. The summed E-state index contributed by atoms with van der Waals surface area (Å²) in [7, 11) is 0. The van der Waals surface area contributed by atoms with Crippen molar-refractivity contribution in [2.45, 2.75) is 6.42 Å². The van der Waals surface area contributed by atoms with Gasteiger partial charge in [-0.25, -0.2) is 0 Å². The molecule has 1 aliphatic heterocycles. The number of hydrogen-bond acceptors (Lipinski definition) is 3. The summed E-state index contributed by atoms with van der Waals surface area (Å²) in [5.74, 6) is 0. The molecule has 4 heterocycles. The number of rotatable bonds is 7. The molecule has 0 saturated carbocycles. The third-order valence-corrected chi connectivity index (χ3v) is 8.69. The normalized spacial score (nSPS) is 13.2. The van der Waals surface area contributed by atoms with Gasteiger partial charge in [-0.1, -0.05) is 66.7 Å². The maximum absolute atomic E-state index is 8.47. The fourth-order valence-electron chi connectivity index (χ4n) is 6.43. The number of benzene rings is 4. The highest BCUT2D eigenvalue weighted by molar-refractivity contribution is 6.19. The van der Waals surface area contributed by atoms with E-state index >= 15 is 0 Å². The lowest BCUT2D eigenvalue weighted by Crippen LogP contribution is -2.78. The quantitative estimate of drug-likeness (QED) is 0.183. The number of nitrogens with one attached hydrogen (secondary N) is 1. The van der Waals surface area contributed by atoms with Crippen LogP contribution in [0.3, 0.4) is 0 Å². The molecule has 46 heavy (non-hydrogen) atoms. The minimum absolute atomic E-state index is 0.550. The van der Waals surface area contributed by atoms with E-state index < -0.39 is 0 Å². The summed E-state index contributed by atoms with van der Waals surface area (Å²) in [5, 5.41) is 15.4. The number of quaternary nitrogens is 1. The molecule has 0 bridgehead atoms. The van der Waals surface area contributed by atoms with Gasteiger partial charge in [-0.2, -0.15) is 0 Å². The molecule has 0 amide bonds. The number of fused-ring (bicyclic) bond motifs is 5. The molecule has 8 rings (SSSR count). The van der Waals surface area contributed by atoms with Crippen LogP contribution in [-0.2, 0) is 6.42 Å². The predicted molar refractivity (Wildman–Crippen MR) is 189 cm³/mol. The Morgan fingerprint density at radius 2 is 1.65 bits per heavy atom. The van der Waals surface area contributed by atoms with Crippen LogP contribution in [0.2, 0.25) is 0 Å². The molecule has 7 aromatic rings. The lowest BCUT2D eigenvalue weighted by Gasteiger charge is -2.11. The Morgan fingerprint density at radius 1 is 0.804 bits per heavy atom. The van der Waals surface area contributed by atoms with Gasteiger partial charge >= 0.3 is 0 Å². The molecule has 0 fully saturated rings. The predicted octanol–water partition coefficient (Wildman–Crippen LogP) is 8.20. The average Bonchev–Trinajstić information content (AvgIpc) is 3.46. The smallest absolute Gasteiger partial charge is 0.0994 e. The summed E-state index contributed by atoms with van der Waals surface area (Å²) >= 11 is 0. The number of nitrogens with two attached hydrogens (primary N) is 1. The molecule has 4 aromatic carbocycles. The Labute approximate surface area is 267 Å². The van der Waals surface area contributed by atoms with Gasteiger partial charge in [-0.05, 0) is 77.6 Å². The topological polar surface area (TPSA) is 71.2 Å². The molecule has 5 heteroatoms. The fourth-order valence-corrected chi connectivity index (χ4v) is 6.43. The van der Waals surface area contributed by atoms with Gasteiger partial charge < -0.3 is 15.3 Å². The van der Waals surface area contributed by atoms with E-state index in [1.807, 2.05) is 55.1 Å². The largest absolute Gasteiger partial charge is 0.317 e. The number of pyridine rings is 2. The first-order chi connectivity index (χ1) is 22.7. The lowest BCUT2D eigenvalue weighted by molar-refractivity contribution is -0.578. The molecule has 1 aliphatic rings. The van der Waals surface area contributed by atoms with Gasteiger partial charge in [0, 0.05) is 63.2 Å². The van der Waals surface area contributed by atoms with Crippen LogP contribution in [-0.4, -0.2) is 26.8 Å². The van der Waals surface area contributed by atoms with E-state index in [0.29, 0.717) is 5.71 Å². The van der Waals surface area contributed by atoms with Crippen molar-refractivity contribution in [3.63, 3.8) is 0 Å². The first kappa shape index (κ1) is 27.6. The standard InChI is InChI=1S/C41H31N5/c42-38(29-18-21-43-22-19-29)10-6-7-28-12-15-36-37-17-14-31-24-30(32-25-33(27-44-26-32)39-11-4-5-20-45-39)13-16-35(31)41(37)46(40(36)23-28)34-8-2-1-3-9-34/h1-6,8-21,23-27,42-43H,7,22H2/p+1/b10-6-,42-38?. The first-order valence-electron chi connectivity index (χ1n) is 15.6. The Kier molecular flexibility index (Phi) is 7.14. The van der Waals surface area contributed by atoms with Crippen molar-refractivity contribution in [1.29, 1.82) is 5.41 Å². The maximum atomic E-state index is 8.47. The van der Waals surface area contributed by atoms with Crippen molar-refractivity contribution >= 4 is 38.3 Å². The molecule has 3 N–H and O–H groups in total. The molecule has 0 aliphatic carbocycles. The first-order valence-corrected chi connectivity index (χ1v) is 15.6. The zero-order valence-electron chi connectivity index (χ0n) is 25.3. The number of para-hydroxylation sites is 1. The van der Waals surface area contributed by atoms with Crippen LogP contribution < -0.4 is 5.32 Å². The van der Waals surface area contributed by atoms with Gasteiger partial charge in [0.15, 0.2) is 0 Å². The second-order valence-electron chi connectivity index (χ2n) is 11.6. The van der Waals surface area contributed by atoms with E-state index in [9.17, 15) is 0 Å². The molecule has 220 valence electrons. The average molecular weight is 595 g/mol. The highest BCUT2D eigenvalue weighted by Gasteiger charge is 2.16. The number of aromatic nitrogens is 3. The van der Waals surface area contributed by atoms with Gasteiger partial charge in [0.25, 0.3) is 0 Å². The van der Waals surface area contributed by atoms with Crippen LogP contribution in [0.25, 0.3) is 60.6 Å². The molecule has 0 spiro atoms. The van der Waals surface area contributed by atoms with Crippen molar-refractivity contribution in [1.82, 2.24) is 14.5 Å². The van der Waals surface area contributed by atoms with Gasteiger partial charge in [0.05, 0.1) is 35.2 Å². The number of nitrogens with zero attached hydrogens (tertiary/aromatic N) is 3. The highest BCUT2D eigenvalue weighted by atomic mass is 15.0. The van der Waals surface area contributed by atoms with E-state index in [4.69, 9.17) is 5.41 Å². The number of hydrogen-bond donors (Lipinski definition) is 2. The molecular formula is C41H32N5+. The van der Waals surface area contributed by atoms with Crippen LogP contribution in [0, 0.1) is 5.41 Å². The summed E-state index contributed by atoms with van der Waals surface area (Å²) in [5.41, 5.74) is 10.4. The molecule has 3 aromatic heterocycles. The molecular weight excluding hydrogens is 562 g/mol. The fraction of sp³-hybridized carbons (Fsp3) is 0.0488. The van der Waals surface area contributed by atoms with Crippen LogP contribution in [0.5, 0.6) is 0 Å². The molecule has 0 atom stereocenters. The monoisotopic (exact) mass is 594 g/mol. The van der Waals surface area contributed by atoms with E-state index in [1.165, 1.54) is 38.1 Å². The molecule has 0 unspecified atom stereocenters. The minimum Gasteiger partial charge on any atom is -0.317 e. The van der Waals surface area contributed by atoms with Crippen molar-refractivity contribution in [3.8, 4) is 28.1 Å². The van der Waals surface area contributed by atoms with Crippen molar-refractivity contribution in [3.05, 3.63) is 163 Å². The summed E-state index contributed by atoms with van der Waals surface area (Å²) < 4.78 is 2.40. The van der Waals surface area contributed by atoms with E-state index in [2.05, 4.69) is 117 Å². The molecule has 0 radical (unpaired) electrons. The Bertz CT molecular complexity index is 2340. The van der Waals surface area contributed by atoms with Gasteiger partial charge in [0.2, 0.25) is 0 Å². The van der Waals surface area contributed by atoms with Crippen LogP contribution in [0.4, 0.5) is 0 Å². The van der Waals surface area contributed by atoms with E-state index in [1.54, 1.807) is 0 Å². The summed E-state index contributed by atoms with van der Waals surface area (Å²) in [6.07, 6.45) is 16.5. The van der Waals surface area contributed by atoms with E-state index in [-0.39, 0.29) is 0 Å². The summed E-state index contributed by atoms with van der Waals surface area (Å²) in [6, 6.07) is 36.7.